The molecule has 0 atom stereocenters. The average molecular weight is 279 g/mol. The van der Waals surface area contributed by atoms with Crippen molar-refractivity contribution < 1.29 is 0 Å². The van der Waals surface area contributed by atoms with Gasteiger partial charge < -0.3 is 9.88 Å². The molecule has 1 aliphatic heterocycles. The Bertz CT molecular complexity index is 668. The second kappa shape index (κ2) is 5.65. The first kappa shape index (κ1) is 13.8. The van der Waals surface area contributed by atoms with Crippen LogP contribution in [0.3, 0.4) is 0 Å². The summed E-state index contributed by atoms with van der Waals surface area (Å²) >= 11 is 0. The fourth-order valence-electron chi connectivity index (χ4n) is 3.08. The largest absolute Gasteiger partial charge is 0.357 e. The maximum Gasteiger partial charge on any atom is 0.124 e. The van der Waals surface area contributed by atoms with Gasteiger partial charge in [0.05, 0.1) is 11.3 Å². The van der Waals surface area contributed by atoms with E-state index in [0.717, 1.165) is 41.3 Å². The highest BCUT2D eigenvalue weighted by molar-refractivity contribution is 5.74. The number of rotatable bonds is 2. The van der Waals surface area contributed by atoms with Crippen LogP contribution in [0.5, 0.6) is 0 Å². The Kier molecular flexibility index (Phi) is 3.70. The third-order valence-electron chi connectivity index (χ3n) is 4.35. The van der Waals surface area contributed by atoms with E-state index in [1.807, 2.05) is 6.92 Å². The number of aromatic amines is 1. The highest BCUT2D eigenvalue weighted by Crippen LogP contribution is 2.33. The Morgan fingerprint density at radius 3 is 2.33 bits per heavy atom. The van der Waals surface area contributed by atoms with E-state index in [1.54, 1.807) is 0 Å². The van der Waals surface area contributed by atoms with Crippen molar-refractivity contribution in [3.63, 3.8) is 0 Å². The predicted octanol–water partition coefficient (Wildman–Crippen LogP) is 4.16. The number of nitrogens with zero attached hydrogens (tertiary/aromatic N) is 2. The number of benzene rings is 1. The molecule has 2 aromatic rings. The summed E-state index contributed by atoms with van der Waals surface area (Å²) in [6.07, 6.45) is 3.72. The monoisotopic (exact) mass is 279 g/mol. The van der Waals surface area contributed by atoms with Gasteiger partial charge in [-0.3, -0.25) is 0 Å². The van der Waals surface area contributed by atoms with Crippen LogP contribution >= 0.6 is 0 Å². The molecule has 0 aliphatic carbocycles. The first-order chi connectivity index (χ1) is 10.2. The van der Waals surface area contributed by atoms with Gasteiger partial charge in [-0.15, -0.1) is 0 Å². The summed E-state index contributed by atoms with van der Waals surface area (Å²) < 4.78 is 0. The molecule has 108 valence electrons. The second-order valence-corrected chi connectivity index (χ2v) is 5.87. The van der Waals surface area contributed by atoms with Crippen molar-refractivity contribution in [3.05, 3.63) is 41.0 Å². The maximum atomic E-state index is 9.54. The highest BCUT2D eigenvalue weighted by Gasteiger charge is 2.21. The molecule has 0 spiro atoms. The van der Waals surface area contributed by atoms with Crippen molar-refractivity contribution in [2.24, 2.45) is 0 Å². The number of H-pyrrole nitrogens is 1. The zero-order valence-electron chi connectivity index (χ0n) is 12.7. The fraction of sp³-hybridized carbons (Fsp3) is 0.389. The topological polar surface area (TPSA) is 42.8 Å². The van der Waals surface area contributed by atoms with E-state index in [-0.39, 0.29) is 0 Å². The molecule has 0 amide bonds. The Labute approximate surface area is 126 Å². The van der Waals surface area contributed by atoms with Gasteiger partial charge in [-0.2, -0.15) is 5.26 Å². The standard InChI is InChI=1S/C18H21N3/c1-13-6-8-15(9-7-13)17-14(2)16(12-19)18(20-17)21-10-4-3-5-11-21/h6-9,20H,3-5,10-11H2,1-2H3. The number of piperidine rings is 1. The zero-order chi connectivity index (χ0) is 14.8. The van der Waals surface area contributed by atoms with Gasteiger partial charge in [-0.25, -0.2) is 0 Å². The number of aryl methyl sites for hydroxylation is 1. The quantitative estimate of drug-likeness (QED) is 0.897. The molecule has 1 saturated heterocycles. The smallest absolute Gasteiger partial charge is 0.124 e. The van der Waals surface area contributed by atoms with Crippen molar-refractivity contribution in [2.45, 2.75) is 33.1 Å². The van der Waals surface area contributed by atoms with Crippen molar-refractivity contribution >= 4 is 5.82 Å². The van der Waals surface area contributed by atoms with Crippen LogP contribution in [-0.2, 0) is 0 Å². The molecular formula is C18H21N3. The van der Waals surface area contributed by atoms with Crippen LogP contribution in [-0.4, -0.2) is 18.1 Å². The third-order valence-corrected chi connectivity index (χ3v) is 4.35. The van der Waals surface area contributed by atoms with Crippen LogP contribution in [0.1, 0.15) is 36.0 Å². The molecule has 1 aromatic carbocycles. The lowest BCUT2D eigenvalue weighted by atomic mass is 10.0. The van der Waals surface area contributed by atoms with E-state index in [4.69, 9.17) is 0 Å². The summed E-state index contributed by atoms with van der Waals surface area (Å²) in [6, 6.07) is 10.9. The molecule has 2 heterocycles. The van der Waals surface area contributed by atoms with Crippen molar-refractivity contribution in [1.82, 2.24) is 4.98 Å². The molecule has 3 nitrogen and oxygen atoms in total. The van der Waals surface area contributed by atoms with Gasteiger partial charge in [-0.1, -0.05) is 29.8 Å². The molecule has 0 unspecified atom stereocenters. The summed E-state index contributed by atoms with van der Waals surface area (Å²) in [5.41, 5.74) is 5.33. The van der Waals surface area contributed by atoms with Crippen LogP contribution in [0.4, 0.5) is 5.82 Å². The molecule has 1 aliphatic rings. The Hall–Kier alpha value is -2.21. The summed E-state index contributed by atoms with van der Waals surface area (Å²) in [5.74, 6) is 1.00. The second-order valence-electron chi connectivity index (χ2n) is 5.87. The Morgan fingerprint density at radius 2 is 1.71 bits per heavy atom. The number of hydrogen-bond donors (Lipinski definition) is 1. The maximum absolute atomic E-state index is 9.54. The molecular weight excluding hydrogens is 258 g/mol. The van der Waals surface area contributed by atoms with Gasteiger partial charge in [0.25, 0.3) is 0 Å². The minimum absolute atomic E-state index is 0.799. The van der Waals surface area contributed by atoms with E-state index in [9.17, 15) is 5.26 Å². The van der Waals surface area contributed by atoms with E-state index < -0.39 is 0 Å². The van der Waals surface area contributed by atoms with Crippen LogP contribution in [0, 0.1) is 25.2 Å². The Balaban J connectivity index is 2.04. The van der Waals surface area contributed by atoms with E-state index in [1.165, 1.54) is 24.8 Å². The molecule has 0 bridgehead atoms. The first-order valence-electron chi connectivity index (χ1n) is 7.65. The van der Waals surface area contributed by atoms with Crippen molar-refractivity contribution in [1.29, 1.82) is 5.26 Å². The fourth-order valence-corrected chi connectivity index (χ4v) is 3.08. The lowest BCUT2D eigenvalue weighted by Crippen LogP contribution is -2.30. The minimum atomic E-state index is 0.799. The van der Waals surface area contributed by atoms with E-state index in [0.29, 0.717) is 0 Å². The lowest BCUT2D eigenvalue weighted by Gasteiger charge is -2.27. The van der Waals surface area contributed by atoms with Crippen LogP contribution < -0.4 is 4.90 Å². The SMILES string of the molecule is Cc1ccc(-c2[nH]c(N3CCCCC3)c(C#N)c2C)cc1. The summed E-state index contributed by atoms with van der Waals surface area (Å²) in [6.45, 7) is 6.22. The number of nitrogens with one attached hydrogen (secondary N) is 1. The zero-order valence-corrected chi connectivity index (χ0v) is 12.7. The van der Waals surface area contributed by atoms with Crippen LogP contribution in [0.25, 0.3) is 11.3 Å². The van der Waals surface area contributed by atoms with Gasteiger partial charge in [0.1, 0.15) is 11.9 Å². The first-order valence-corrected chi connectivity index (χ1v) is 7.65. The summed E-state index contributed by atoms with van der Waals surface area (Å²) in [7, 11) is 0. The molecule has 0 radical (unpaired) electrons. The number of nitriles is 1. The lowest BCUT2D eigenvalue weighted by molar-refractivity contribution is 0.574. The average Bonchev–Trinajstić information content (AvgIpc) is 2.86. The molecule has 1 N–H and O–H groups in total. The minimum Gasteiger partial charge on any atom is -0.357 e. The van der Waals surface area contributed by atoms with Crippen LogP contribution in [0.2, 0.25) is 0 Å². The molecule has 3 heteroatoms. The molecule has 1 fully saturated rings. The summed E-state index contributed by atoms with van der Waals surface area (Å²) in [5, 5.41) is 9.54. The van der Waals surface area contributed by atoms with Gasteiger partial charge in [0, 0.05) is 13.1 Å². The Morgan fingerprint density at radius 1 is 1.05 bits per heavy atom. The normalized spacial score (nSPS) is 15.0. The number of aromatic nitrogens is 1. The highest BCUT2D eigenvalue weighted by atomic mass is 15.2. The van der Waals surface area contributed by atoms with E-state index >= 15 is 0 Å². The third kappa shape index (κ3) is 2.54. The molecule has 1 aromatic heterocycles. The van der Waals surface area contributed by atoms with Gasteiger partial charge >= 0.3 is 0 Å². The number of anilines is 1. The van der Waals surface area contributed by atoms with Gasteiger partial charge in [0.15, 0.2) is 0 Å². The van der Waals surface area contributed by atoms with Crippen molar-refractivity contribution in [3.8, 4) is 17.3 Å². The van der Waals surface area contributed by atoms with Gasteiger partial charge in [-0.05, 0) is 44.2 Å². The van der Waals surface area contributed by atoms with Crippen molar-refractivity contribution in [2.75, 3.05) is 18.0 Å². The molecule has 21 heavy (non-hydrogen) atoms. The number of hydrogen-bond acceptors (Lipinski definition) is 2. The summed E-state index contributed by atoms with van der Waals surface area (Å²) in [4.78, 5) is 5.84. The van der Waals surface area contributed by atoms with Crippen LogP contribution in [0.15, 0.2) is 24.3 Å². The van der Waals surface area contributed by atoms with E-state index in [2.05, 4.69) is 47.1 Å². The molecule has 0 saturated carbocycles. The van der Waals surface area contributed by atoms with Gasteiger partial charge in [0.2, 0.25) is 0 Å². The predicted molar refractivity (Wildman–Crippen MR) is 86.5 cm³/mol. The molecule has 3 rings (SSSR count).